The van der Waals surface area contributed by atoms with Crippen LogP contribution < -0.4 is 27.3 Å². The van der Waals surface area contributed by atoms with Crippen LogP contribution in [0.25, 0.3) is 0 Å². The summed E-state index contributed by atoms with van der Waals surface area (Å²) in [6, 6.07) is 0. The standard InChI is InChI=1S/C6H3B5O3/c7-1-2(8)4(10)6(12)5(3(1)9)11(13)14/h12-14H. The first-order chi connectivity index (χ1) is 6.37. The molecule has 0 spiro atoms. The second-order valence-corrected chi connectivity index (χ2v) is 2.79. The zero-order valence-electron chi connectivity index (χ0n) is 7.23. The van der Waals surface area contributed by atoms with E-state index >= 15 is 0 Å². The van der Waals surface area contributed by atoms with Crippen LogP contribution in [0.15, 0.2) is 0 Å². The Morgan fingerprint density at radius 3 is 1.64 bits per heavy atom. The Balaban J connectivity index is 3.60. The molecule has 8 radical (unpaired) electrons. The Morgan fingerprint density at radius 1 is 0.786 bits per heavy atom. The lowest BCUT2D eigenvalue weighted by Gasteiger charge is -2.18. The maximum Gasteiger partial charge on any atom is 0.491 e. The molecule has 1 aromatic carbocycles. The molecule has 0 saturated carbocycles. The third kappa shape index (κ3) is 1.60. The van der Waals surface area contributed by atoms with E-state index in [2.05, 4.69) is 0 Å². The van der Waals surface area contributed by atoms with E-state index in [9.17, 15) is 5.11 Å². The van der Waals surface area contributed by atoms with E-state index in [4.69, 9.17) is 41.4 Å². The van der Waals surface area contributed by atoms with Crippen molar-refractivity contribution < 1.29 is 15.2 Å². The minimum atomic E-state index is -1.96. The third-order valence-electron chi connectivity index (χ3n) is 1.93. The Hall–Kier alpha value is -0.735. The molecule has 1 rings (SSSR count). The Kier molecular flexibility index (Phi) is 3.07. The summed E-state index contributed by atoms with van der Waals surface area (Å²) in [6.45, 7) is 0. The lowest BCUT2D eigenvalue weighted by Crippen LogP contribution is -2.58. The first kappa shape index (κ1) is 11.3. The van der Waals surface area contributed by atoms with Crippen molar-refractivity contribution in [1.82, 2.24) is 0 Å². The second-order valence-electron chi connectivity index (χ2n) is 2.79. The van der Waals surface area contributed by atoms with Gasteiger partial charge in [-0.05, 0) is 0 Å². The van der Waals surface area contributed by atoms with Gasteiger partial charge in [-0.1, -0.05) is 5.46 Å². The summed E-state index contributed by atoms with van der Waals surface area (Å²) < 4.78 is 0. The van der Waals surface area contributed by atoms with Gasteiger partial charge in [-0.2, -0.15) is 0 Å². The molecular weight excluding hydrogens is 174 g/mol. The maximum atomic E-state index is 9.39. The van der Waals surface area contributed by atoms with Gasteiger partial charge in [-0.3, -0.25) is 0 Å². The number of phenols is 1. The fraction of sp³-hybridized carbons (Fsp3) is 0. The molecule has 3 nitrogen and oxygen atoms in total. The van der Waals surface area contributed by atoms with Crippen LogP contribution in [0.3, 0.4) is 0 Å². The molecule has 0 amide bonds. The number of benzene rings is 1. The Bertz CT molecular complexity index is 349. The molecule has 1 aromatic rings. The number of rotatable bonds is 1. The van der Waals surface area contributed by atoms with Crippen LogP contribution >= 0.6 is 0 Å². The van der Waals surface area contributed by atoms with Gasteiger partial charge >= 0.3 is 7.12 Å². The molecule has 0 aliphatic carbocycles. The highest BCUT2D eigenvalue weighted by atomic mass is 16.4. The fourth-order valence-corrected chi connectivity index (χ4v) is 1.10. The average molecular weight is 177 g/mol. The molecule has 3 N–H and O–H groups in total. The van der Waals surface area contributed by atoms with Gasteiger partial charge in [0.15, 0.2) is 0 Å². The van der Waals surface area contributed by atoms with E-state index in [1.54, 1.807) is 0 Å². The van der Waals surface area contributed by atoms with E-state index in [0.29, 0.717) is 0 Å². The largest absolute Gasteiger partial charge is 0.509 e. The summed E-state index contributed by atoms with van der Waals surface area (Å²) >= 11 is 0. The smallest absolute Gasteiger partial charge is 0.491 e. The molecule has 0 heterocycles. The minimum absolute atomic E-state index is 0.0793. The second kappa shape index (κ2) is 3.79. The number of hydrogen-bond donors (Lipinski definition) is 3. The van der Waals surface area contributed by atoms with Gasteiger partial charge in [0.25, 0.3) is 0 Å². The SMILES string of the molecule is [B]c1c([B])c([B])c(B(O)O)c(O)c1[B]. The number of hydrogen-bond acceptors (Lipinski definition) is 3. The van der Waals surface area contributed by atoms with Gasteiger partial charge in [0, 0.05) is 5.46 Å². The van der Waals surface area contributed by atoms with Gasteiger partial charge in [0.1, 0.15) is 37.1 Å². The highest BCUT2D eigenvalue weighted by molar-refractivity contribution is 6.73. The summed E-state index contributed by atoms with van der Waals surface area (Å²) in [4.78, 5) is 0. The lowest BCUT2D eigenvalue weighted by atomic mass is 9.59. The van der Waals surface area contributed by atoms with E-state index in [1.165, 1.54) is 0 Å². The third-order valence-corrected chi connectivity index (χ3v) is 1.93. The van der Waals surface area contributed by atoms with Crippen molar-refractivity contribution in [2.24, 2.45) is 0 Å². The van der Waals surface area contributed by atoms with Crippen LogP contribution in [-0.4, -0.2) is 53.7 Å². The first-order valence-electron chi connectivity index (χ1n) is 3.68. The zero-order chi connectivity index (χ0) is 11.0. The fourth-order valence-electron chi connectivity index (χ4n) is 1.10. The highest BCUT2D eigenvalue weighted by Crippen LogP contribution is 1.94. The molecule has 0 atom stereocenters. The summed E-state index contributed by atoms with van der Waals surface area (Å²) in [5, 5.41) is 27.2. The molecular formula is C6H3B5O3. The molecule has 0 aliphatic rings. The molecule has 0 fully saturated rings. The zero-order valence-corrected chi connectivity index (χ0v) is 7.23. The van der Waals surface area contributed by atoms with Crippen LogP contribution in [0.5, 0.6) is 5.75 Å². The Morgan fingerprint density at radius 2 is 1.21 bits per heavy atom. The summed E-state index contributed by atoms with van der Waals surface area (Å²) in [6.07, 6.45) is 0. The molecule has 60 valence electrons. The monoisotopic (exact) mass is 178 g/mol. The van der Waals surface area contributed by atoms with Crippen LogP contribution in [0, 0.1) is 0 Å². The van der Waals surface area contributed by atoms with E-state index in [0.717, 1.165) is 0 Å². The van der Waals surface area contributed by atoms with Crippen molar-refractivity contribution in [3.63, 3.8) is 0 Å². The Labute approximate surface area is 87.3 Å². The lowest BCUT2D eigenvalue weighted by molar-refractivity contribution is 0.420. The van der Waals surface area contributed by atoms with E-state index in [1.807, 2.05) is 0 Å². The van der Waals surface area contributed by atoms with Crippen molar-refractivity contribution in [3.05, 3.63) is 0 Å². The summed E-state index contributed by atoms with van der Waals surface area (Å²) in [5.41, 5.74) is -0.911. The number of phenolic OH excluding ortho intramolecular Hbond substituents is 1. The highest BCUT2D eigenvalue weighted by Gasteiger charge is 2.21. The summed E-state index contributed by atoms with van der Waals surface area (Å²) in [5.74, 6) is -0.566. The van der Waals surface area contributed by atoms with Gasteiger partial charge in [-0.25, -0.2) is 0 Å². The predicted octanol–water partition coefficient (Wildman–Crippen LogP) is -5.75. The van der Waals surface area contributed by atoms with Crippen LogP contribution in [-0.2, 0) is 0 Å². The quantitative estimate of drug-likeness (QED) is 0.375. The number of aromatic hydroxyl groups is 1. The van der Waals surface area contributed by atoms with Crippen LogP contribution in [0.1, 0.15) is 0 Å². The van der Waals surface area contributed by atoms with Crippen molar-refractivity contribution in [2.75, 3.05) is 0 Å². The van der Waals surface area contributed by atoms with E-state index < -0.39 is 12.9 Å². The molecule has 0 saturated heterocycles. The molecule has 14 heavy (non-hydrogen) atoms. The van der Waals surface area contributed by atoms with Gasteiger partial charge in [0.05, 0.1) is 0 Å². The predicted molar refractivity (Wildman–Crippen MR) is 59.5 cm³/mol. The van der Waals surface area contributed by atoms with Crippen molar-refractivity contribution in [1.29, 1.82) is 0 Å². The molecule has 0 unspecified atom stereocenters. The van der Waals surface area contributed by atoms with Crippen molar-refractivity contribution in [2.45, 2.75) is 0 Å². The average Bonchev–Trinajstić information content (AvgIpc) is 2.11. The van der Waals surface area contributed by atoms with Crippen LogP contribution in [0.2, 0.25) is 0 Å². The molecule has 8 heteroatoms. The first-order valence-corrected chi connectivity index (χ1v) is 3.68. The van der Waals surface area contributed by atoms with Gasteiger partial charge in [0.2, 0.25) is 0 Å². The van der Waals surface area contributed by atoms with Gasteiger partial charge in [-0.15, -0.1) is 16.4 Å². The topological polar surface area (TPSA) is 60.7 Å². The van der Waals surface area contributed by atoms with Crippen molar-refractivity contribution >= 4 is 65.8 Å². The molecule has 0 aliphatic heterocycles. The minimum Gasteiger partial charge on any atom is -0.509 e. The molecule has 0 aromatic heterocycles. The van der Waals surface area contributed by atoms with Gasteiger partial charge < -0.3 is 15.2 Å². The molecule has 0 bridgehead atoms. The summed E-state index contributed by atoms with van der Waals surface area (Å²) in [7, 11) is 19.6. The maximum absolute atomic E-state index is 9.39. The van der Waals surface area contributed by atoms with Crippen molar-refractivity contribution in [3.8, 4) is 5.75 Å². The normalized spacial score (nSPS) is 10.1. The van der Waals surface area contributed by atoms with Crippen LogP contribution in [0.4, 0.5) is 0 Å². The van der Waals surface area contributed by atoms with E-state index in [-0.39, 0.29) is 27.3 Å².